The first-order valence-electron chi connectivity index (χ1n) is 14.4. The molecular weight excluding hydrogens is 518 g/mol. The third kappa shape index (κ3) is 11.0. The zero-order chi connectivity index (χ0) is 30.7. The van der Waals surface area contributed by atoms with E-state index in [0.717, 1.165) is 24.3 Å². The maximum absolute atomic E-state index is 10.6. The highest BCUT2D eigenvalue weighted by Gasteiger charge is 2.53. The Balaban J connectivity index is 0.000000214. The number of hydrogen-bond acceptors (Lipinski definition) is 7. The summed E-state index contributed by atoms with van der Waals surface area (Å²) in [6, 6.07) is 19.3. The number of rotatable bonds is 4. The number of ether oxygens (including phenoxy) is 1. The van der Waals surface area contributed by atoms with Gasteiger partial charge in [0.25, 0.3) is 0 Å². The number of ketones is 1. The summed E-state index contributed by atoms with van der Waals surface area (Å²) in [5.74, 6) is 0.121. The van der Waals surface area contributed by atoms with Crippen LogP contribution < -0.4 is 0 Å². The van der Waals surface area contributed by atoms with Gasteiger partial charge in [0, 0.05) is 18.8 Å². The van der Waals surface area contributed by atoms with Crippen LogP contribution in [0.4, 0.5) is 0 Å². The minimum absolute atomic E-state index is 0.0547. The van der Waals surface area contributed by atoms with Crippen molar-refractivity contribution < 1.29 is 32.8 Å². The Kier molecular flexibility index (Phi) is 13.3. The van der Waals surface area contributed by atoms with Gasteiger partial charge in [-0.3, -0.25) is 4.79 Å². The maximum atomic E-state index is 10.6. The highest BCUT2D eigenvalue weighted by Crippen LogP contribution is 2.38. The standard InChI is InChI=1S/C14H21BO3.C8H8O.C6H12BO2.C4H8O/c1-11(12-9-7-6-8-10-12)16-15-17-13(2,3)14(4,5)18-15;1-7(9)8-5-3-2-4-6-8;1-5(2)6(3,4)9-7-8-5;1-2-4-5-3-1/h6-11H,1-5H3;2-6H,1H3;1-4H3;1-4H2. The minimum atomic E-state index is -0.606. The SMILES string of the molecule is C1CCOC1.CC(=O)c1ccccc1.CC(OB1OC(C)(C)C(C)(C)O1)c1ccccc1.CC1(C)O[B]OC1(C)C. The van der Waals surface area contributed by atoms with E-state index in [9.17, 15) is 4.79 Å². The van der Waals surface area contributed by atoms with Crippen LogP contribution in [0.25, 0.3) is 0 Å². The van der Waals surface area contributed by atoms with Crippen LogP contribution in [-0.2, 0) is 28.0 Å². The molecule has 41 heavy (non-hydrogen) atoms. The van der Waals surface area contributed by atoms with Crippen LogP contribution in [0.2, 0.25) is 0 Å². The average molecular weight is 567 g/mol. The molecule has 3 saturated heterocycles. The summed E-state index contributed by atoms with van der Waals surface area (Å²) in [7, 11) is 0.810. The summed E-state index contributed by atoms with van der Waals surface area (Å²) < 4.78 is 32.8. The van der Waals surface area contributed by atoms with Crippen molar-refractivity contribution >= 4 is 20.8 Å². The smallest absolute Gasteiger partial charge is 0.405 e. The lowest BCUT2D eigenvalue weighted by Gasteiger charge is -2.32. The van der Waals surface area contributed by atoms with Crippen LogP contribution in [0.3, 0.4) is 0 Å². The fourth-order valence-electron chi connectivity index (χ4n) is 3.55. The average Bonchev–Trinajstić information content (AvgIpc) is 3.61. The van der Waals surface area contributed by atoms with E-state index in [1.54, 1.807) is 6.92 Å². The molecule has 225 valence electrons. The number of hydrogen-bond donors (Lipinski definition) is 0. The zero-order valence-corrected chi connectivity index (χ0v) is 26.7. The molecular formula is C32H49B2O7. The van der Waals surface area contributed by atoms with E-state index in [-0.39, 0.29) is 34.3 Å². The molecule has 0 saturated carbocycles. The molecule has 0 spiro atoms. The van der Waals surface area contributed by atoms with Crippen molar-refractivity contribution in [1.82, 2.24) is 0 Å². The molecule has 3 aliphatic rings. The molecule has 1 unspecified atom stereocenters. The summed E-state index contributed by atoms with van der Waals surface area (Å²) in [6.07, 6.45) is 2.50. The second kappa shape index (κ2) is 15.5. The van der Waals surface area contributed by atoms with Gasteiger partial charge in [-0.15, -0.1) is 0 Å². The van der Waals surface area contributed by atoms with Crippen molar-refractivity contribution in [3.05, 3.63) is 71.8 Å². The largest absolute Gasteiger partial charge is 0.640 e. The van der Waals surface area contributed by atoms with Gasteiger partial charge in [-0.25, -0.2) is 0 Å². The van der Waals surface area contributed by atoms with E-state index < -0.39 is 7.32 Å². The fraction of sp³-hybridized carbons (Fsp3) is 0.594. The molecule has 3 fully saturated rings. The quantitative estimate of drug-likeness (QED) is 0.287. The molecule has 7 nitrogen and oxygen atoms in total. The predicted octanol–water partition coefficient (Wildman–Crippen LogP) is 7.16. The van der Waals surface area contributed by atoms with E-state index in [2.05, 4.69) is 0 Å². The molecule has 0 amide bonds. The highest BCUT2D eigenvalue weighted by molar-refractivity contribution is 6.37. The lowest BCUT2D eigenvalue weighted by atomic mass is 9.90. The van der Waals surface area contributed by atoms with Gasteiger partial charge < -0.3 is 28.0 Å². The van der Waals surface area contributed by atoms with Crippen molar-refractivity contribution in [2.24, 2.45) is 0 Å². The highest BCUT2D eigenvalue weighted by atomic mass is 16.8. The third-order valence-corrected chi connectivity index (χ3v) is 7.96. The summed E-state index contributed by atoms with van der Waals surface area (Å²) in [4.78, 5) is 10.6. The maximum Gasteiger partial charge on any atom is 0.640 e. The molecule has 3 heterocycles. The van der Waals surface area contributed by atoms with Gasteiger partial charge in [0.05, 0.1) is 28.5 Å². The van der Waals surface area contributed by atoms with Gasteiger partial charge in [0.1, 0.15) is 0 Å². The summed E-state index contributed by atoms with van der Waals surface area (Å²) in [5, 5.41) is 0. The zero-order valence-electron chi connectivity index (χ0n) is 26.7. The molecule has 9 heteroatoms. The molecule has 5 rings (SSSR count). The first-order chi connectivity index (χ1) is 19.1. The molecule has 0 aliphatic carbocycles. The van der Waals surface area contributed by atoms with E-state index in [0.29, 0.717) is 0 Å². The van der Waals surface area contributed by atoms with Crippen molar-refractivity contribution in [3.63, 3.8) is 0 Å². The summed E-state index contributed by atoms with van der Waals surface area (Å²) in [5.41, 5.74) is 0.812. The Bertz CT molecular complexity index is 1000. The van der Waals surface area contributed by atoms with E-state index in [1.165, 1.54) is 20.5 Å². The van der Waals surface area contributed by atoms with Gasteiger partial charge in [-0.2, -0.15) is 0 Å². The summed E-state index contributed by atoms with van der Waals surface area (Å²) >= 11 is 0. The molecule has 0 N–H and O–H groups in total. The molecule has 2 aromatic carbocycles. The molecule has 1 atom stereocenters. The van der Waals surface area contributed by atoms with Crippen LogP contribution >= 0.6 is 0 Å². The Hall–Kier alpha value is -2.00. The van der Waals surface area contributed by atoms with Crippen LogP contribution in [0.15, 0.2) is 60.7 Å². The first-order valence-corrected chi connectivity index (χ1v) is 14.4. The van der Waals surface area contributed by atoms with Crippen molar-refractivity contribution in [2.75, 3.05) is 13.2 Å². The normalized spacial score (nSPS) is 21.6. The lowest BCUT2D eigenvalue weighted by Crippen LogP contribution is -2.41. The van der Waals surface area contributed by atoms with Crippen molar-refractivity contribution in [3.8, 4) is 0 Å². The Labute approximate surface area is 249 Å². The van der Waals surface area contributed by atoms with E-state index >= 15 is 0 Å². The van der Waals surface area contributed by atoms with Crippen LogP contribution in [0, 0.1) is 0 Å². The molecule has 2 aromatic rings. The number of benzene rings is 2. The van der Waals surface area contributed by atoms with E-state index in [4.69, 9.17) is 28.0 Å². The van der Waals surface area contributed by atoms with Gasteiger partial charge in [0.2, 0.25) is 0 Å². The van der Waals surface area contributed by atoms with E-state index in [1.807, 2.05) is 123 Å². The topological polar surface area (TPSA) is 72.5 Å². The molecule has 0 bridgehead atoms. The van der Waals surface area contributed by atoms with Gasteiger partial charge >= 0.3 is 15.0 Å². The number of Topliss-reactive ketones (excluding diaryl/α,β-unsaturated/α-hetero) is 1. The van der Waals surface area contributed by atoms with Crippen LogP contribution in [0.1, 0.15) is 104 Å². The second-order valence-electron chi connectivity index (χ2n) is 12.3. The molecule has 1 radical (unpaired) electrons. The second-order valence-corrected chi connectivity index (χ2v) is 12.3. The van der Waals surface area contributed by atoms with Gasteiger partial charge in [-0.1, -0.05) is 60.7 Å². The molecule has 3 aliphatic heterocycles. The Morgan fingerprint density at radius 3 is 1.51 bits per heavy atom. The first kappa shape index (κ1) is 35.2. The van der Waals surface area contributed by atoms with Crippen LogP contribution in [-0.4, -0.2) is 56.4 Å². The monoisotopic (exact) mass is 567 g/mol. The number of carbonyl (C=O) groups is 1. The minimum Gasteiger partial charge on any atom is -0.405 e. The van der Waals surface area contributed by atoms with Gasteiger partial charge in [0.15, 0.2) is 5.78 Å². The summed E-state index contributed by atoms with van der Waals surface area (Å²) in [6.45, 7) is 21.7. The Morgan fingerprint density at radius 2 is 1.20 bits per heavy atom. The third-order valence-electron chi connectivity index (χ3n) is 7.96. The fourth-order valence-corrected chi connectivity index (χ4v) is 3.55. The van der Waals surface area contributed by atoms with Crippen molar-refractivity contribution in [1.29, 1.82) is 0 Å². The Morgan fingerprint density at radius 1 is 0.756 bits per heavy atom. The van der Waals surface area contributed by atoms with Gasteiger partial charge in [-0.05, 0) is 87.6 Å². The van der Waals surface area contributed by atoms with Crippen LogP contribution in [0.5, 0.6) is 0 Å². The molecule has 0 aromatic heterocycles. The van der Waals surface area contributed by atoms with Crippen molar-refractivity contribution in [2.45, 2.75) is 111 Å². The lowest BCUT2D eigenvalue weighted by molar-refractivity contribution is 0.00578. The number of carbonyl (C=O) groups excluding carboxylic acids is 1. The predicted molar refractivity (Wildman–Crippen MR) is 165 cm³/mol.